The summed E-state index contributed by atoms with van der Waals surface area (Å²) in [4.78, 5) is 4.30. The van der Waals surface area contributed by atoms with Gasteiger partial charge in [-0.1, -0.05) is 29.8 Å². The summed E-state index contributed by atoms with van der Waals surface area (Å²) < 4.78 is 10.6. The highest BCUT2D eigenvalue weighted by Gasteiger charge is 2.23. The van der Waals surface area contributed by atoms with Gasteiger partial charge in [0.25, 0.3) is 0 Å². The van der Waals surface area contributed by atoms with E-state index in [2.05, 4.69) is 36.2 Å². The van der Waals surface area contributed by atoms with E-state index < -0.39 is 0 Å². The van der Waals surface area contributed by atoms with Gasteiger partial charge in [0, 0.05) is 17.8 Å². The summed E-state index contributed by atoms with van der Waals surface area (Å²) in [6, 6.07) is 12.3. The van der Waals surface area contributed by atoms with E-state index in [1.807, 2.05) is 18.3 Å². The maximum atomic E-state index is 5.50. The Morgan fingerprint density at radius 2 is 1.89 bits per heavy atom. The van der Waals surface area contributed by atoms with E-state index in [1.165, 1.54) is 11.1 Å². The molecule has 0 spiro atoms. The zero-order valence-corrected chi connectivity index (χ0v) is 10.3. The van der Waals surface area contributed by atoms with Crippen LogP contribution in [-0.2, 0) is 4.74 Å². The van der Waals surface area contributed by atoms with Gasteiger partial charge >= 0.3 is 0 Å². The molecule has 2 aromatic rings. The maximum absolute atomic E-state index is 5.50. The van der Waals surface area contributed by atoms with Gasteiger partial charge in [-0.25, -0.2) is 4.98 Å². The Bertz CT molecular complexity index is 515. The van der Waals surface area contributed by atoms with Gasteiger partial charge in [0.05, 0.1) is 6.61 Å². The molecule has 0 aliphatic carbocycles. The lowest BCUT2D eigenvalue weighted by Crippen LogP contribution is -2.04. The van der Waals surface area contributed by atoms with Crippen LogP contribution in [0.2, 0.25) is 0 Å². The highest BCUT2D eigenvalue weighted by Crippen LogP contribution is 2.21. The first-order valence-corrected chi connectivity index (χ1v) is 6.09. The number of epoxide rings is 1. The molecular formula is C15H15NO2. The molecule has 3 nitrogen and oxygen atoms in total. The second-order valence-corrected chi connectivity index (χ2v) is 4.52. The minimum atomic E-state index is 0.267. The molecule has 1 unspecified atom stereocenters. The molecule has 3 rings (SSSR count). The Kier molecular flexibility index (Phi) is 2.99. The minimum Gasteiger partial charge on any atom is -0.475 e. The molecule has 1 saturated heterocycles. The van der Waals surface area contributed by atoms with Crippen LogP contribution in [0.4, 0.5) is 0 Å². The third-order valence-electron chi connectivity index (χ3n) is 2.94. The second-order valence-electron chi connectivity index (χ2n) is 4.52. The number of aryl methyl sites for hydroxylation is 1. The van der Waals surface area contributed by atoms with Crippen LogP contribution in [0.3, 0.4) is 0 Å². The standard InChI is InChI=1S/C15H15NO2/c1-11-2-4-12(5-3-11)13-6-7-15(16-8-13)18-10-14-9-17-14/h2-8,14H,9-10H2,1H3. The molecule has 1 fully saturated rings. The van der Waals surface area contributed by atoms with Gasteiger partial charge in [0.2, 0.25) is 5.88 Å². The lowest BCUT2D eigenvalue weighted by atomic mass is 10.1. The lowest BCUT2D eigenvalue weighted by molar-refractivity contribution is 0.255. The normalized spacial score (nSPS) is 17.5. The van der Waals surface area contributed by atoms with Crippen molar-refractivity contribution in [3.05, 3.63) is 48.2 Å². The van der Waals surface area contributed by atoms with Gasteiger partial charge in [-0.15, -0.1) is 0 Å². The van der Waals surface area contributed by atoms with Crippen molar-refractivity contribution in [2.45, 2.75) is 13.0 Å². The molecule has 1 aromatic carbocycles. The van der Waals surface area contributed by atoms with E-state index in [0.29, 0.717) is 12.5 Å². The van der Waals surface area contributed by atoms with Crippen molar-refractivity contribution in [3.63, 3.8) is 0 Å². The zero-order valence-electron chi connectivity index (χ0n) is 10.3. The SMILES string of the molecule is Cc1ccc(-c2ccc(OCC3CO3)nc2)cc1. The Labute approximate surface area is 106 Å². The predicted octanol–water partition coefficient (Wildman–Crippen LogP) is 2.83. The summed E-state index contributed by atoms with van der Waals surface area (Å²) in [7, 11) is 0. The van der Waals surface area contributed by atoms with Crippen molar-refractivity contribution >= 4 is 0 Å². The first-order chi connectivity index (χ1) is 8.81. The summed E-state index contributed by atoms with van der Waals surface area (Å²) in [5, 5.41) is 0. The predicted molar refractivity (Wildman–Crippen MR) is 69.6 cm³/mol. The molecule has 0 saturated carbocycles. The van der Waals surface area contributed by atoms with Crippen molar-refractivity contribution in [1.82, 2.24) is 4.98 Å². The van der Waals surface area contributed by atoms with E-state index >= 15 is 0 Å². The summed E-state index contributed by atoms with van der Waals surface area (Å²) in [5.74, 6) is 0.654. The lowest BCUT2D eigenvalue weighted by Gasteiger charge is -2.05. The fraction of sp³-hybridized carbons (Fsp3) is 0.267. The van der Waals surface area contributed by atoms with Crippen LogP contribution < -0.4 is 4.74 Å². The van der Waals surface area contributed by atoms with Crippen molar-refractivity contribution in [2.24, 2.45) is 0 Å². The van der Waals surface area contributed by atoms with Crippen molar-refractivity contribution < 1.29 is 9.47 Å². The zero-order chi connectivity index (χ0) is 12.4. The quantitative estimate of drug-likeness (QED) is 0.772. The number of ether oxygens (including phenoxy) is 2. The highest BCUT2D eigenvalue weighted by atomic mass is 16.6. The molecule has 0 radical (unpaired) electrons. The van der Waals surface area contributed by atoms with Crippen LogP contribution in [0.25, 0.3) is 11.1 Å². The maximum Gasteiger partial charge on any atom is 0.213 e. The minimum absolute atomic E-state index is 0.267. The fourth-order valence-corrected chi connectivity index (χ4v) is 1.73. The number of aromatic nitrogens is 1. The smallest absolute Gasteiger partial charge is 0.213 e. The Hall–Kier alpha value is -1.87. The third kappa shape index (κ3) is 2.68. The van der Waals surface area contributed by atoms with E-state index in [9.17, 15) is 0 Å². The number of benzene rings is 1. The van der Waals surface area contributed by atoms with Crippen LogP contribution in [-0.4, -0.2) is 24.3 Å². The van der Waals surface area contributed by atoms with E-state index in [4.69, 9.17) is 9.47 Å². The number of hydrogen-bond acceptors (Lipinski definition) is 3. The second kappa shape index (κ2) is 4.78. The van der Waals surface area contributed by atoms with Crippen LogP contribution in [0.15, 0.2) is 42.6 Å². The molecule has 0 bridgehead atoms. The molecule has 0 N–H and O–H groups in total. The Balaban J connectivity index is 1.71. The van der Waals surface area contributed by atoms with E-state index in [-0.39, 0.29) is 6.10 Å². The number of pyridine rings is 1. The number of nitrogens with zero attached hydrogens (tertiary/aromatic N) is 1. The molecule has 3 heteroatoms. The molecule has 1 aliphatic heterocycles. The van der Waals surface area contributed by atoms with E-state index in [1.54, 1.807) is 0 Å². The van der Waals surface area contributed by atoms with Crippen LogP contribution in [0, 0.1) is 6.92 Å². The summed E-state index contributed by atoms with van der Waals surface area (Å²) in [6.07, 6.45) is 2.11. The number of hydrogen-bond donors (Lipinski definition) is 0. The Morgan fingerprint density at radius 3 is 2.50 bits per heavy atom. The van der Waals surface area contributed by atoms with Gasteiger partial charge in [-0.05, 0) is 18.6 Å². The monoisotopic (exact) mass is 241 g/mol. The van der Waals surface area contributed by atoms with Gasteiger partial charge in [-0.2, -0.15) is 0 Å². The van der Waals surface area contributed by atoms with Crippen LogP contribution in [0.1, 0.15) is 5.56 Å². The molecule has 18 heavy (non-hydrogen) atoms. The van der Waals surface area contributed by atoms with Crippen LogP contribution in [0.5, 0.6) is 5.88 Å². The highest BCUT2D eigenvalue weighted by molar-refractivity contribution is 5.62. The molecule has 2 heterocycles. The van der Waals surface area contributed by atoms with Gasteiger partial charge in [0.1, 0.15) is 12.7 Å². The average Bonchev–Trinajstić information content (AvgIpc) is 3.22. The Morgan fingerprint density at radius 1 is 1.17 bits per heavy atom. The molecule has 92 valence electrons. The fourth-order valence-electron chi connectivity index (χ4n) is 1.73. The molecular weight excluding hydrogens is 226 g/mol. The van der Waals surface area contributed by atoms with Gasteiger partial charge < -0.3 is 9.47 Å². The molecule has 1 aliphatic rings. The average molecular weight is 241 g/mol. The molecule has 1 atom stereocenters. The first-order valence-electron chi connectivity index (χ1n) is 6.09. The van der Waals surface area contributed by atoms with Gasteiger partial charge in [-0.3, -0.25) is 0 Å². The number of rotatable bonds is 4. The summed E-state index contributed by atoms with van der Waals surface area (Å²) in [5.41, 5.74) is 3.53. The first kappa shape index (κ1) is 11.2. The molecule has 0 amide bonds. The van der Waals surface area contributed by atoms with Crippen LogP contribution >= 0.6 is 0 Å². The van der Waals surface area contributed by atoms with E-state index in [0.717, 1.165) is 12.2 Å². The van der Waals surface area contributed by atoms with Crippen molar-refractivity contribution in [1.29, 1.82) is 0 Å². The summed E-state index contributed by atoms with van der Waals surface area (Å²) >= 11 is 0. The summed E-state index contributed by atoms with van der Waals surface area (Å²) in [6.45, 7) is 3.48. The topological polar surface area (TPSA) is 34.6 Å². The van der Waals surface area contributed by atoms with Crippen molar-refractivity contribution in [2.75, 3.05) is 13.2 Å². The third-order valence-corrected chi connectivity index (χ3v) is 2.94. The molecule has 1 aromatic heterocycles. The largest absolute Gasteiger partial charge is 0.475 e. The van der Waals surface area contributed by atoms with Crippen molar-refractivity contribution in [3.8, 4) is 17.0 Å². The van der Waals surface area contributed by atoms with Gasteiger partial charge in [0.15, 0.2) is 0 Å².